The second-order valence-electron chi connectivity index (χ2n) is 7.02. The molecule has 0 amide bonds. The number of pyridine rings is 1. The van der Waals surface area contributed by atoms with E-state index in [1.807, 2.05) is 17.6 Å². The van der Waals surface area contributed by atoms with Crippen molar-refractivity contribution in [1.82, 2.24) is 24.8 Å². The van der Waals surface area contributed by atoms with Crippen molar-refractivity contribution in [1.29, 1.82) is 0 Å². The van der Waals surface area contributed by atoms with Crippen molar-refractivity contribution in [3.05, 3.63) is 34.6 Å². The number of rotatable bonds is 5. The molecule has 25 heavy (non-hydrogen) atoms. The average Bonchev–Trinajstić information content (AvgIpc) is 2.84. The Bertz CT molecular complexity index is 772. The molecule has 0 aromatic carbocycles. The number of nitrogens with one attached hydrogen (secondary N) is 1. The SMILES string of the molecule is CCCC(c1nc2ccncc2c(=O)n1CC)N1CCNC[C@H](C)C1. The molecule has 136 valence electrons. The molecule has 0 radical (unpaired) electrons. The van der Waals surface area contributed by atoms with Gasteiger partial charge in [-0.2, -0.15) is 0 Å². The Morgan fingerprint density at radius 3 is 3.00 bits per heavy atom. The first-order valence-electron chi connectivity index (χ1n) is 9.44. The van der Waals surface area contributed by atoms with Gasteiger partial charge in [0.1, 0.15) is 5.82 Å². The summed E-state index contributed by atoms with van der Waals surface area (Å²) in [6.45, 7) is 11.2. The zero-order valence-electron chi connectivity index (χ0n) is 15.5. The summed E-state index contributed by atoms with van der Waals surface area (Å²) in [6.07, 6.45) is 5.42. The Hall–Kier alpha value is -1.79. The summed E-state index contributed by atoms with van der Waals surface area (Å²) in [5.41, 5.74) is 0.777. The monoisotopic (exact) mass is 343 g/mol. The van der Waals surface area contributed by atoms with Gasteiger partial charge in [0.15, 0.2) is 0 Å². The van der Waals surface area contributed by atoms with Crippen LogP contribution in [0.2, 0.25) is 0 Å². The quantitative estimate of drug-likeness (QED) is 0.902. The molecule has 1 N–H and O–H groups in total. The summed E-state index contributed by atoms with van der Waals surface area (Å²) >= 11 is 0. The molecule has 3 rings (SSSR count). The third kappa shape index (κ3) is 3.75. The van der Waals surface area contributed by atoms with Crippen molar-refractivity contribution >= 4 is 10.9 Å². The molecule has 1 saturated heterocycles. The molecule has 2 aromatic heterocycles. The first-order chi connectivity index (χ1) is 12.2. The number of nitrogens with zero attached hydrogens (tertiary/aromatic N) is 4. The van der Waals surface area contributed by atoms with E-state index >= 15 is 0 Å². The minimum atomic E-state index is 0.0256. The van der Waals surface area contributed by atoms with Crippen LogP contribution in [0.15, 0.2) is 23.3 Å². The maximum atomic E-state index is 13.0. The van der Waals surface area contributed by atoms with Crippen LogP contribution in [0.5, 0.6) is 0 Å². The first-order valence-corrected chi connectivity index (χ1v) is 9.44. The highest BCUT2D eigenvalue weighted by molar-refractivity contribution is 5.76. The van der Waals surface area contributed by atoms with Crippen molar-refractivity contribution in [2.75, 3.05) is 26.2 Å². The molecule has 1 aliphatic rings. The van der Waals surface area contributed by atoms with Gasteiger partial charge in [-0.05, 0) is 31.9 Å². The molecule has 3 heterocycles. The Kier molecular flexibility index (Phi) is 5.81. The van der Waals surface area contributed by atoms with Gasteiger partial charge in [0, 0.05) is 38.6 Å². The lowest BCUT2D eigenvalue weighted by Gasteiger charge is -2.32. The van der Waals surface area contributed by atoms with E-state index in [4.69, 9.17) is 4.98 Å². The van der Waals surface area contributed by atoms with Gasteiger partial charge in [0.25, 0.3) is 5.56 Å². The fraction of sp³-hybridized carbons (Fsp3) is 0.632. The minimum Gasteiger partial charge on any atom is -0.315 e. The van der Waals surface area contributed by atoms with E-state index < -0.39 is 0 Å². The fourth-order valence-corrected chi connectivity index (χ4v) is 3.80. The van der Waals surface area contributed by atoms with Crippen molar-refractivity contribution in [3.8, 4) is 0 Å². The summed E-state index contributed by atoms with van der Waals surface area (Å²) < 4.78 is 1.84. The molecular weight excluding hydrogens is 314 g/mol. The van der Waals surface area contributed by atoms with Crippen LogP contribution < -0.4 is 10.9 Å². The zero-order valence-corrected chi connectivity index (χ0v) is 15.5. The van der Waals surface area contributed by atoms with Crippen LogP contribution >= 0.6 is 0 Å². The molecule has 0 spiro atoms. The topological polar surface area (TPSA) is 63.1 Å². The van der Waals surface area contributed by atoms with Crippen LogP contribution in [-0.4, -0.2) is 45.6 Å². The Balaban J connectivity index is 2.10. The van der Waals surface area contributed by atoms with E-state index in [-0.39, 0.29) is 11.6 Å². The lowest BCUT2D eigenvalue weighted by molar-refractivity contribution is 0.169. The summed E-state index contributed by atoms with van der Waals surface area (Å²) in [5, 5.41) is 4.11. The predicted molar refractivity (Wildman–Crippen MR) is 101 cm³/mol. The van der Waals surface area contributed by atoms with Gasteiger partial charge in [-0.15, -0.1) is 0 Å². The lowest BCUT2D eigenvalue weighted by Crippen LogP contribution is -2.38. The summed E-state index contributed by atoms with van der Waals surface area (Å²) in [7, 11) is 0. The van der Waals surface area contributed by atoms with Crippen molar-refractivity contribution < 1.29 is 0 Å². The van der Waals surface area contributed by atoms with Crippen LogP contribution in [0.4, 0.5) is 0 Å². The third-order valence-corrected chi connectivity index (χ3v) is 5.02. The highest BCUT2D eigenvalue weighted by atomic mass is 16.1. The first kappa shape index (κ1) is 18.0. The summed E-state index contributed by atoms with van der Waals surface area (Å²) in [6, 6.07) is 2.02. The van der Waals surface area contributed by atoms with Gasteiger partial charge in [-0.25, -0.2) is 4.98 Å². The van der Waals surface area contributed by atoms with E-state index in [0.29, 0.717) is 17.8 Å². The maximum Gasteiger partial charge on any atom is 0.262 e. The smallest absolute Gasteiger partial charge is 0.262 e. The molecule has 2 atom stereocenters. The van der Waals surface area contributed by atoms with Crippen molar-refractivity contribution in [2.45, 2.75) is 46.2 Å². The van der Waals surface area contributed by atoms with E-state index in [0.717, 1.165) is 50.4 Å². The largest absolute Gasteiger partial charge is 0.315 e. The Morgan fingerprint density at radius 2 is 2.24 bits per heavy atom. The maximum absolute atomic E-state index is 13.0. The van der Waals surface area contributed by atoms with Crippen molar-refractivity contribution in [2.24, 2.45) is 5.92 Å². The van der Waals surface area contributed by atoms with Crippen molar-refractivity contribution in [3.63, 3.8) is 0 Å². The number of fused-ring (bicyclic) bond motifs is 1. The van der Waals surface area contributed by atoms with E-state index in [1.54, 1.807) is 12.4 Å². The predicted octanol–water partition coefficient (Wildman–Crippen LogP) is 2.19. The van der Waals surface area contributed by atoms with Crippen LogP contribution in [-0.2, 0) is 6.54 Å². The lowest BCUT2D eigenvalue weighted by atomic mass is 10.1. The molecule has 0 aliphatic carbocycles. The summed E-state index contributed by atoms with van der Waals surface area (Å²) in [4.78, 5) is 24.5. The summed E-state index contributed by atoms with van der Waals surface area (Å²) in [5.74, 6) is 1.50. The Labute approximate surface area is 149 Å². The number of hydrogen-bond donors (Lipinski definition) is 1. The standard InChI is InChI=1S/C19H29N5O/c1-4-6-17(23-10-9-21-11-14(3)13-23)18-22-16-7-8-20-12-15(16)19(25)24(18)5-2/h7-8,12,14,17,21H,4-6,9-11,13H2,1-3H3/t14-,17?/m0/s1. The minimum absolute atomic E-state index is 0.0256. The van der Waals surface area contributed by atoms with Gasteiger partial charge in [-0.1, -0.05) is 20.3 Å². The fourth-order valence-electron chi connectivity index (χ4n) is 3.80. The van der Waals surface area contributed by atoms with Gasteiger partial charge in [0.2, 0.25) is 0 Å². The van der Waals surface area contributed by atoms with Gasteiger partial charge < -0.3 is 5.32 Å². The highest BCUT2D eigenvalue weighted by Gasteiger charge is 2.27. The molecule has 0 saturated carbocycles. The Morgan fingerprint density at radius 1 is 1.40 bits per heavy atom. The van der Waals surface area contributed by atoms with Gasteiger partial charge >= 0.3 is 0 Å². The number of hydrogen-bond acceptors (Lipinski definition) is 5. The normalized spacial score (nSPS) is 20.5. The second-order valence-corrected chi connectivity index (χ2v) is 7.02. The molecule has 1 unspecified atom stereocenters. The highest BCUT2D eigenvalue weighted by Crippen LogP contribution is 2.26. The van der Waals surface area contributed by atoms with Crippen LogP contribution in [0.1, 0.15) is 45.5 Å². The third-order valence-electron chi connectivity index (χ3n) is 5.02. The van der Waals surface area contributed by atoms with Crippen LogP contribution in [0, 0.1) is 5.92 Å². The molecule has 1 aliphatic heterocycles. The van der Waals surface area contributed by atoms with Gasteiger partial charge in [0.05, 0.1) is 16.9 Å². The van der Waals surface area contributed by atoms with Gasteiger partial charge in [-0.3, -0.25) is 19.2 Å². The molecule has 0 bridgehead atoms. The zero-order chi connectivity index (χ0) is 17.8. The molecule has 2 aromatic rings. The second kappa shape index (κ2) is 8.06. The van der Waals surface area contributed by atoms with Crippen LogP contribution in [0.3, 0.4) is 0 Å². The average molecular weight is 343 g/mol. The number of aromatic nitrogens is 3. The molecule has 6 heteroatoms. The van der Waals surface area contributed by atoms with E-state index in [9.17, 15) is 4.79 Å². The van der Waals surface area contributed by atoms with E-state index in [2.05, 4.69) is 29.0 Å². The molecule has 1 fully saturated rings. The van der Waals surface area contributed by atoms with Crippen LogP contribution in [0.25, 0.3) is 10.9 Å². The van der Waals surface area contributed by atoms with E-state index in [1.165, 1.54) is 0 Å². The molecular formula is C19H29N5O. The molecule has 6 nitrogen and oxygen atoms in total.